The molecule has 170 valence electrons. The second-order valence-electron chi connectivity index (χ2n) is 8.32. The highest BCUT2D eigenvalue weighted by Crippen LogP contribution is 2.39. The standard InChI is InChI=1S/C25H30F4O2/c1-3-4-5-6-18-11-13-21(25(29)22(18)26)31-15-16-7-9-17(10-8-16)19-12-14-20(30-2)24(28)23(19)27/h11-14,16-17H,3-10,15H2,1-2H3. The Balaban J connectivity index is 1.54. The van der Waals surface area contributed by atoms with E-state index in [1.807, 2.05) is 0 Å². The van der Waals surface area contributed by atoms with Crippen molar-refractivity contribution in [3.63, 3.8) is 0 Å². The number of ether oxygens (including phenoxy) is 2. The Morgan fingerprint density at radius 1 is 0.806 bits per heavy atom. The van der Waals surface area contributed by atoms with Crippen molar-refractivity contribution in [2.75, 3.05) is 13.7 Å². The van der Waals surface area contributed by atoms with Gasteiger partial charge in [-0.1, -0.05) is 31.9 Å². The van der Waals surface area contributed by atoms with Crippen molar-refractivity contribution in [1.29, 1.82) is 0 Å². The smallest absolute Gasteiger partial charge is 0.200 e. The lowest BCUT2D eigenvalue weighted by Gasteiger charge is -2.29. The molecule has 31 heavy (non-hydrogen) atoms. The Bertz CT molecular complexity index is 876. The van der Waals surface area contributed by atoms with E-state index in [2.05, 4.69) is 6.92 Å². The molecule has 0 bridgehead atoms. The predicted octanol–water partition coefficient (Wildman–Crippen LogP) is 7.34. The van der Waals surface area contributed by atoms with Gasteiger partial charge in [0, 0.05) is 0 Å². The molecule has 1 saturated carbocycles. The lowest BCUT2D eigenvalue weighted by Crippen LogP contribution is -2.20. The Hall–Kier alpha value is -2.24. The molecule has 2 aromatic carbocycles. The average molecular weight is 439 g/mol. The summed E-state index contributed by atoms with van der Waals surface area (Å²) in [4.78, 5) is 0. The first-order valence-corrected chi connectivity index (χ1v) is 11.1. The molecule has 0 amide bonds. The molecule has 0 aliphatic heterocycles. The van der Waals surface area contributed by atoms with Crippen molar-refractivity contribution in [1.82, 2.24) is 0 Å². The molecule has 0 spiro atoms. The third-order valence-electron chi connectivity index (χ3n) is 6.23. The molecular weight excluding hydrogens is 408 g/mol. The Kier molecular flexibility index (Phi) is 8.22. The topological polar surface area (TPSA) is 18.5 Å². The molecule has 0 N–H and O–H groups in total. The zero-order valence-electron chi connectivity index (χ0n) is 18.2. The van der Waals surface area contributed by atoms with Crippen LogP contribution in [0.1, 0.15) is 68.9 Å². The third kappa shape index (κ3) is 5.52. The first-order valence-electron chi connectivity index (χ1n) is 11.1. The maximum absolute atomic E-state index is 14.4. The van der Waals surface area contributed by atoms with Crippen molar-refractivity contribution in [3.05, 3.63) is 58.7 Å². The minimum Gasteiger partial charge on any atom is -0.494 e. The minimum atomic E-state index is -0.957. The van der Waals surface area contributed by atoms with Crippen LogP contribution in [-0.2, 0) is 6.42 Å². The van der Waals surface area contributed by atoms with E-state index < -0.39 is 23.3 Å². The minimum absolute atomic E-state index is 0.0675. The third-order valence-corrected chi connectivity index (χ3v) is 6.23. The summed E-state index contributed by atoms with van der Waals surface area (Å²) in [6.07, 6.45) is 6.21. The van der Waals surface area contributed by atoms with Crippen LogP contribution in [0.5, 0.6) is 11.5 Å². The molecule has 1 aliphatic rings. The number of unbranched alkanes of at least 4 members (excludes halogenated alkanes) is 2. The van der Waals surface area contributed by atoms with Crippen LogP contribution in [0.3, 0.4) is 0 Å². The van der Waals surface area contributed by atoms with Crippen LogP contribution in [0.4, 0.5) is 17.6 Å². The Morgan fingerprint density at radius 3 is 2.16 bits per heavy atom. The van der Waals surface area contributed by atoms with Gasteiger partial charge >= 0.3 is 0 Å². The van der Waals surface area contributed by atoms with Crippen molar-refractivity contribution in [2.24, 2.45) is 5.92 Å². The number of hydrogen-bond acceptors (Lipinski definition) is 2. The lowest BCUT2D eigenvalue weighted by atomic mass is 9.79. The second kappa shape index (κ2) is 10.9. The van der Waals surface area contributed by atoms with E-state index in [0.717, 1.165) is 32.1 Å². The van der Waals surface area contributed by atoms with Gasteiger partial charge < -0.3 is 9.47 Å². The van der Waals surface area contributed by atoms with Crippen LogP contribution in [0, 0.1) is 29.2 Å². The lowest BCUT2D eigenvalue weighted by molar-refractivity contribution is 0.191. The van der Waals surface area contributed by atoms with Gasteiger partial charge in [0.05, 0.1) is 13.7 Å². The monoisotopic (exact) mass is 438 g/mol. The summed E-state index contributed by atoms with van der Waals surface area (Å²) >= 11 is 0. The molecule has 0 unspecified atom stereocenters. The quantitative estimate of drug-likeness (QED) is 0.301. The fourth-order valence-corrected chi connectivity index (χ4v) is 4.31. The molecule has 2 aromatic rings. The SMILES string of the molecule is CCCCCc1ccc(OCC2CCC(c3ccc(OC)c(F)c3F)CC2)c(F)c1F. The molecule has 6 heteroatoms. The van der Waals surface area contributed by atoms with E-state index in [9.17, 15) is 17.6 Å². The highest BCUT2D eigenvalue weighted by molar-refractivity contribution is 5.33. The largest absolute Gasteiger partial charge is 0.494 e. The molecule has 0 saturated heterocycles. The number of hydrogen-bond donors (Lipinski definition) is 0. The van der Waals surface area contributed by atoms with Crippen LogP contribution in [0.15, 0.2) is 24.3 Å². The molecule has 1 fully saturated rings. The number of aryl methyl sites for hydroxylation is 1. The normalized spacial score (nSPS) is 18.8. The average Bonchev–Trinajstić information content (AvgIpc) is 2.78. The summed E-state index contributed by atoms with van der Waals surface area (Å²) < 4.78 is 67.4. The number of methoxy groups -OCH3 is 1. The van der Waals surface area contributed by atoms with E-state index in [-0.39, 0.29) is 29.9 Å². The van der Waals surface area contributed by atoms with Crippen molar-refractivity contribution >= 4 is 0 Å². The van der Waals surface area contributed by atoms with Gasteiger partial charge in [0.25, 0.3) is 0 Å². The summed E-state index contributed by atoms with van der Waals surface area (Å²) in [5.41, 5.74) is 0.747. The number of rotatable bonds is 9. The first kappa shape index (κ1) is 23.4. The van der Waals surface area contributed by atoms with Gasteiger partial charge in [-0.15, -0.1) is 0 Å². The van der Waals surface area contributed by atoms with E-state index in [1.165, 1.54) is 19.2 Å². The van der Waals surface area contributed by atoms with Gasteiger partial charge in [0.2, 0.25) is 11.6 Å². The van der Waals surface area contributed by atoms with Crippen molar-refractivity contribution in [3.8, 4) is 11.5 Å². The summed E-state index contributed by atoms with van der Waals surface area (Å²) in [6, 6.07) is 6.13. The van der Waals surface area contributed by atoms with Crippen LogP contribution >= 0.6 is 0 Å². The molecular formula is C25H30F4O2. The number of halogens is 4. The van der Waals surface area contributed by atoms with Gasteiger partial charge in [0.15, 0.2) is 23.1 Å². The Labute approximate surface area is 181 Å². The van der Waals surface area contributed by atoms with E-state index in [4.69, 9.17) is 9.47 Å². The maximum atomic E-state index is 14.4. The second-order valence-corrected chi connectivity index (χ2v) is 8.32. The zero-order chi connectivity index (χ0) is 22.4. The summed E-state index contributed by atoms with van der Waals surface area (Å²) in [5.74, 6) is -3.65. The number of benzene rings is 2. The van der Waals surface area contributed by atoms with Gasteiger partial charge in [-0.3, -0.25) is 0 Å². The van der Waals surface area contributed by atoms with Crippen LogP contribution in [0.2, 0.25) is 0 Å². The van der Waals surface area contributed by atoms with Crippen LogP contribution < -0.4 is 9.47 Å². The summed E-state index contributed by atoms with van der Waals surface area (Å²) in [6.45, 7) is 2.34. The van der Waals surface area contributed by atoms with E-state index >= 15 is 0 Å². The Morgan fingerprint density at radius 2 is 1.48 bits per heavy atom. The van der Waals surface area contributed by atoms with Gasteiger partial charge in [0.1, 0.15) is 0 Å². The molecule has 0 atom stereocenters. The summed E-state index contributed by atoms with van der Waals surface area (Å²) in [7, 11) is 1.30. The highest BCUT2D eigenvalue weighted by atomic mass is 19.2. The zero-order valence-corrected chi connectivity index (χ0v) is 18.2. The van der Waals surface area contributed by atoms with Crippen molar-refractivity contribution < 1.29 is 27.0 Å². The molecule has 0 heterocycles. The van der Waals surface area contributed by atoms with E-state index in [1.54, 1.807) is 12.1 Å². The van der Waals surface area contributed by atoms with Crippen LogP contribution in [0.25, 0.3) is 0 Å². The molecule has 3 rings (SSSR count). The van der Waals surface area contributed by atoms with Gasteiger partial charge in [-0.05, 0) is 73.6 Å². The highest BCUT2D eigenvalue weighted by Gasteiger charge is 2.27. The van der Waals surface area contributed by atoms with Gasteiger partial charge in [-0.25, -0.2) is 8.78 Å². The fraction of sp³-hybridized carbons (Fsp3) is 0.520. The molecule has 0 aromatic heterocycles. The maximum Gasteiger partial charge on any atom is 0.200 e. The molecule has 0 radical (unpaired) electrons. The predicted molar refractivity (Wildman–Crippen MR) is 113 cm³/mol. The molecule has 2 nitrogen and oxygen atoms in total. The van der Waals surface area contributed by atoms with Gasteiger partial charge in [-0.2, -0.15) is 8.78 Å². The van der Waals surface area contributed by atoms with E-state index in [0.29, 0.717) is 30.4 Å². The summed E-state index contributed by atoms with van der Waals surface area (Å²) in [5, 5.41) is 0. The molecule has 1 aliphatic carbocycles. The fourth-order valence-electron chi connectivity index (χ4n) is 4.31. The first-order chi connectivity index (χ1) is 15.0. The van der Waals surface area contributed by atoms with Crippen LogP contribution in [-0.4, -0.2) is 13.7 Å². The van der Waals surface area contributed by atoms with Crippen molar-refractivity contribution in [2.45, 2.75) is 64.2 Å².